The number of aromatic hydroxyl groups is 2. The van der Waals surface area contributed by atoms with Gasteiger partial charge in [-0.3, -0.25) is 4.79 Å². The van der Waals surface area contributed by atoms with E-state index in [1.165, 1.54) is 31.4 Å². The molecular formula is C27H30O14. The number of rotatable bonds is 7. The third-order valence-electron chi connectivity index (χ3n) is 7.29. The van der Waals surface area contributed by atoms with E-state index in [0.717, 1.165) is 12.1 Å². The van der Waals surface area contributed by atoms with Crippen LogP contribution in [0.3, 0.4) is 0 Å². The van der Waals surface area contributed by atoms with Crippen molar-refractivity contribution in [1.82, 2.24) is 0 Å². The van der Waals surface area contributed by atoms with Gasteiger partial charge in [-0.1, -0.05) is 0 Å². The Kier molecular flexibility index (Phi) is 8.20. The number of hydrogen-bond acceptors (Lipinski definition) is 14. The highest BCUT2D eigenvalue weighted by Crippen LogP contribution is 2.45. The first-order valence-corrected chi connectivity index (χ1v) is 12.7. The molecule has 0 saturated carbocycles. The van der Waals surface area contributed by atoms with Crippen molar-refractivity contribution in [2.45, 2.75) is 55.1 Å². The fraction of sp³-hybridized carbons (Fsp3) is 0.444. The van der Waals surface area contributed by atoms with Crippen molar-refractivity contribution in [2.24, 2.45) is 0 Å². The molecule has 14 nitrogen and oxygen atoms in total. The molecule has 5 rings (SSSR count). The van der Waals surface area contributed by atoms with E-state index in [2.05, 4.69) is 0 Å². The first-order chi connectivity index (χ1) is 19.6. The largest absolute Gasteiger partial charge is 0.508 e. The zero-order chi connectivity index (χ0) is 29.6. The quantitative estimate of drug-likeness (QED) is 0.166. The van der Waals surface area contributed by atoms with E-state index in [0.29, 0.717) is 5.56 Å². The van der Waals surface area contributed by atoms with Gasteiger partial charge in [0, 0.05) is 17.7 Å². The van der Waals surface area contributed by atoms with Crippen molar-refractivity contribution in [2.75, 3.05) is 20.3 Å². The summed E-state index contributed by atoms with van der Waals surface area (Å²) in [7, 11) is 1.26. The molecule has 0 amide bonds. The number of phenols is 2. The maximum atomic E-state index is 13.2. The van der Waals surface area contributed by atoms with Gasteiger partial charge in [0.05, 0.1) is 25.9 Å². The maximum absolute atomic E-state index is 13.2. The summed E-state index contributed by atoms with van der Waals surface area (Å²) in [5.41, 5.74) is -0.564. The van der Waals surface area contributed by atoms with Crippen molar-refractivity contribution >= 4 is 11.0 Å². The number of ether oxygens (including phenoxy) is 4. The molecule has 0 spiro atoms. The average Bonchev–Trinajstić information content (AvgIpc) is 3.23. The standard InChI is InChI=1S/C27H30O14/c1-37-15-7-13(32)18-12(31)6-14(10-2-4-11(30)5-3-10)38-24(18)19(15)25-26(22(35)20(33)16(8-28)39-25)41-27-23(36)21(34)17(9-29)40-27/h2-7,16-17,20-23,25-30,32-36H,8-9H2,1H3/t16-,17-,20-,21+,22+,23-,25+,26-,27+/m1/s1. The Bertz CT molecular complexity index is 1440. The molecule has 8 N–H and O–H groups in total. The lowest BCUT2D eigenvalue weighted by Crippen LogP contribution is -2.57. The molecule has 0 radical (unpaired) electrons. The molecule has 2 aliphatic rings. The Morgan fingerprint density at radius 2 is 1.49 bits per heavy atom. The lowest BCUT2D eigenvalue weighted by atomic mass is 9.89. The van der Waals surface area contributed by atoms with Crippen LogP contribution in [0.25, 0.3) is 22.3 Å². The van der Waals surface area contributed by atoms with Crippen LogP contribution in [-0.2, 0) is 14.2 Å². The molecular weight excluding hydrogens is 548 g/mol. The van der Waals surface area contributed by atoms with Crippen LogP contribution in [0.1, 0.15) is 11.7 Å². The Balaban J connectivity index is 1.69. The summed E-state index contributed by atoms with van der Waals surface area (Å²) in [4.78, 5) is 13.2. The van der Waals surface area contributed by atoms with E-state index in [9.17, 15) is 45.6 Å². The zero-order valence-corrected chi connectivity index (χ0v) is 21.6. The third-order valence-corrected chi connectivity index (χ3v) is 7.29. The number of benzene rings is 2. The Hall–Kier alpha value is -3.31. The second-order valence-corrected chi connectivity index (χ2v) is 9.80. The van der Waals surface area contributed by atoms with Gasteiger partial charge in [-0.25, -0.2) is 0 Å². The predicted molar refractivity (Wildman–Crippen MR) is 137 cm³/mol. The molecule has 222 valence electrons. The Morgan fingerprint density at radius 3 is 2.10 bits per heavy atom. The molecule has 41 heavy (non-hydrogen) atoms. The number of hydrogen-bond donors (Lipinski definition) is 8. The van der Waals surface area contributed by atoms with Crippen LogP contribution in [0.15, 0.2) is 45.6 Å². The predicted octanol–water partition coefficient (Wildman–Crippen LogP) is -1.14. The molecule has 0 aliphatic carbocycles. The number of aliphatic hydroxyl groups is 6. The zero-order valence-electron chi connectivity index (χ0n) is 21.6. The van der Waals surface area contributed by atoms with Gasteiger partial charge in [-0.15, -0.1) is 0 Å². The molecule has 1 aromatic heterocycles. The first-order valence-electron chi connectivity index (χ1n) is 12.7. The Labute approximate surface area is 231 Å². The highest BCUT2D eigenvalue weighted by atomic mass is 16.7. The first kappa shape index (κ1) is 29.2. The van der Waals surface area contributed by atoms with Crippen molar-refractivity contribution in [3.63, 3.8) is 0 Å². The average molecular weight is 579 g/mol. The summed E-state index contributed by atoms with van der Waals surface area (Å²) >= 11 is 0. The second kappa shape index (κ2) is 11.5. The van der Waals surface area contributed by atoms with Crippen molar-refractivity contribution < 1.29 is 64.2 Å². The normalized spacial score (nSPS) is 31.9. The van der Waals surface area contributed by atoms with E-state index >= 15 is 0 Å². The van der Waals surface area contributed by atoms with Crippen LogP contribution in [-0.4, -0.2) is 110 Å². The number of phenolic OH excluding ortho intramolecular Hbond substituents is 2. The van der Waals surface area contributed by atoms with Crippen molar-refractivity contribution in [1.29, 1.82) is 0 Å². The summed E-state index contributed by atoms with van der Waals surface area (Å²) < 4.78 is 28.7. The fourth-order valence-corrected chi connectivity index (χ4v) is 5.13. The van der Waals surface area contributed by atoms with Crippen LogP contribution in [0, 0.1) is 0 Å². The molecule has 2 aliphatic heterocycles. The monoisotopic (exact) mass is 578 g/mol. The Morgan fingerprint density at radius 1 is 0.854 bits per heavy atom. The summed E-state index contributed by atoms with van der Waals surface area (Å²) in [6.07, 6.45) is -13.9. The highest BCUT2D eigenvalue weighted by molar-refractivity contribution is 5.89. The van der Waals surface area contributed by atoms with Crippen LogP contribution in [0.2, 0.25) is 0 Å². The van der Waals surface area contributed by atoms with Gasteiger partial charge in [0.2, 0.25) is 0 Å². The SMILES string of the molecule is COc1cc(O)c2c(=O)cc(-c3ccc(O)cc3)oc2c1[C@@H]1O[C@H](CO)[C@@H](O)[C@H](O)[C@H]1O[C@@H]1O[C@H](CO)[C@H](O)[C@H]1O. The van der Waals surface area contributed by atoms with Gasteiger partial charge in [0.1, 0.15) is 77.2 Å². The minimum atomic E-state index is -1.78. The number of aliphatic hydroxyl groups excluding tert-OH is 6. The lowest BCUT2D eigenvalue weighted by Gasteiger charge is -2.43. The van der Waals surface area contributed by atoms with E-state index in [-0.39, 0.29) is 33.8 Å². The molecule has 2 saturated heterocycles. The van der Waals surface area contributed by atoms with Gasteiger partial charge < -0.3 is 64.2 Å². The molecule has 0 bridgehead atoms. The molecule has 14 heteroatoms. The minimum Gasteiger partial charge on any atom is -0.508 e. The van der Waals surface area contributed by atoms with Gasteiger partial charge in [-0.05, 0) is 24.3 Å². The topological polar surface area (TPSA) is 229 Å². The van der Waals surface area contributed by atoms with E-state index < -0.39 is 79.5 Å². The van der Waals surface area contributed by atoms with Gasteiger partial charge in [-0.2, -0.15) is 0 Å². The van der Waals surface area contributed by atoms with Gasteiger partial charge in [0.25, 0.3) is 0 Å². The van der Waals surface area contributed by atoms with Crippen molar-refractivity contribution in [3.8, 4) is 28.6 Å². The van der Waals surface area contributed by atoms with Crippen LogP contribution in [0.5, 0.6) is 17.2 Å². The highest BCUT2D eigenvalue weighted by Gasteiger charge is 2.52. The lowest BCUT2D eigenvalue weighted by molar-refractivity contribution is -0.289. The molecule has 0 unspecified atom stereocenters. The van der Waals surface area contributed by atoms with Crippen LogP contribution in [0.4, 0.5) is 0 Å². The van der Waals surface area contributed by atoms with Crippen molar-refractivity contribution in [3.05, 3.63) is 52.2 Å². The fourth-order valence-electron chi connectivity index (χ4n) is 5.13. The minimum absolute atomic E-state index is 0.0278. The molecule has 2 fully saturated rings. The van der Waals surface area contributed by atoms with Crippen LogP contribution >= 0.6 is 0 Å². The molecule has 2 aromatic carbocycles. The second-order valence-electron chi connectivity index (χ2n) is 9.80. The number of fused-ring (bicyclic) bond motifs is 1. The van der Waals surface area contributed by atoms with E-state index in [1.54, 1.807) is 0 Å². The number of methoxy groups -OCH3 is 1. The van der Waals surface area contributed by atoms with E-state index in [4.69, 9.17) is 23.4 Å². The van der Waals surface area contributed by atoms with Crippen LogP contribution < -0.4 is 10.2 Å². The third kappa shape index (κ3) is 5.14. The summed E-state index contributed by atoms with van der Waals surface area (Å²) in [5.74, 6) is -0.573. The molecule has 3 heterocycles. The molecule has 3 aromatic rings. The van der Waals surface area contributed by atoms with Gasteiger partial charge >= 0.3 is 0 Å². The molecule has 9 atom stereocenters. The van der Waals surface area contributed by atoms with E-state index in [1.807, 2.05) is 0 Å². The summed E-state index contributed by atoms with van der Waals surface area (Å²) in [5, 5.41) is 81.8. The van der Waals surface area contributed by atoms with Gasteiger partial charge in [0.15, 0.2) is 17.3 Å². The smallest absolute Gasteiger partial charge is 0.197 e. The maximum Gasteiger partial charge on any atom is 0.197 e. The summed E-state index contributed by atoms with van der Waals surface area (Å²) in [6.45, 7) is -1.39. The summed E-state index contributed by atoms with van der Waals surface area (Å²) in [6, 6.07) is 7.99.